The lowest BCUT2D eigenvalue weighted by Gasteiger charge is -2.38. The molecule has 2 atom stereocenters. The molecule has 156 valence electrons. The van der Waals surface area contributed by atoms with Gasteiger partial charge in [-0.05, 0) is 79.6 Å². The van der Waals surface area contributed by atoms with Crippen molar-refractivity contribution in [2.75, 3.05) is 9.80 Å². The summed E-state index contributed by atoms with van der Waals surface area (Å²) in [4.78, 5) is 17.5. The van der Waals surface area contributed by atoms with Gasteiger partial charge in [-0.15, -0.1) is 0 Å². The number of rotatable bonds is 4. The van der Waals surface area contributed by atoms with Gasteiger partial charge in [0.2, 0.25) is 0 Å². The number of nitriles is 1. The Kier molecular flexibility index (Phi) is 5.66. The first kappa shape index (κ1) is 21.2. The largest absolute Gasteiger partial charge is 0.330 e. The Morgan fingerprint density at radius 3 is 2.10 bits per heavy atom. The van der Waals surface area contributed by atoms with Gasteiger partial charge in [-0.25, -0.2) is 4.79 Å². The van der Waals surface area contributed by atoms with E-state index in [9.17, 15) is 10.1 Å². The van der Waals surface area contributed by atoms with Gasteiger partial charge in [-0.1, -0.05) is 42.3 Å². The molecule has 0 spiro atoms. The van der Waals surface area contributed by atoms with E-state index in [4.69, 9.17) is 23.2 Å². The maximum absolute atomic E-state index is 13.9. The number of nitrogens with zero attached hydrogens (tertiary/aromatic N) is 3. The average molecular weight is 450 g/mol. The molecule has 1 aliphatic rings. The molecule has 0 aromatic heterocycles. The lowest BCUT2D eigenvalue weighted by Crippen LogP contribution is -2.45. The van der Waals surface area contributed by atoms with Crippen LogP contribution < -0.4 is 9.80 Å². The van der Waals surface area contributed by atoms with Gasteiger partial charge in [0.25, 0.3) is 0 Å². The van der Waals surface area contributed by atoms with Gasteiger partial charge in [0, 0.05) is 21.4 Å². The molecule has 3 aromatic rings. The van der Waals surface area contributed by atoms with E-state index in [0.717, 1.165) is 16.9 Å². The van der Waals surface area contributed by atoms with Gasteiger partial charge < -0.3 is 0 Å². The summed E-state index contributed by atoms with van der Waals surface area (Å²) in [5, 5.41) is 10.7. The van der Waals surface area contributed by atoms with Crippen molar-refractivity contribution in [2.24, 2.45) is 0 Å². The number of hydrogen-bond acceptors (Lipinski definition) is 2. The van der Waals surface area contributed by atoms with Crippen LogP contribution in [0.15, 0.2) is 72.8 Å². The molecular weight excluding hydrogens is 429 g/mol. The molecule has 31 heavy (non-hydrogen) atoms. The first-order valence-electron chi connectivity index (χ1n) is 10.0. The van der Waals surface area contributed by atoms with Gasteiger partial charge in [-0.3, -0.25) is 9.80 Å². The molecule has 0 N–H and O–H groups in total. The van der Waals surface area contributed by atoms with Gasteiger partial charge in [0.1, 0.15) is 0 Å². The fraction of sp³-hybridized carbons (Fsp3) is 0.200. The standard InChI is InChI=1S/C25H21Cl2N3O/c1-3-25(2)23(18-6-4-5-17(15-18)16-28)29(21-11-7-19(26)8-12-21)24(31)30(25)22-13-9-20(27)10-14-22/h4-15,23H,3H2,1-2H3/t23-,25-/m1/s1. The third-order valence-corrected chi connectivity index (χ3v) is 6.50. The fourth-order valence-corrected chi connectivity index (χ4v) is 4.58. The Labute approximate surface area is 192 Å². The van der Waals surface area contributed by atoms with E-state index < -0.39 is 5.54 Å². The van der Waals surface area contributed by atoms with Crippen molar-refractivity contribution in [1.29, 1.82) is 5.26 Å². The van der Waals surface area contributed by atoms with Crippen molar-refractivity contribution in [3.63, 3.8) is 0 Å². The van der Waals surface area contributed by atoms with Crippen LogP contribution in [0.5, 0.6) is 0 Å². The predicted molar refractivity (Wildman–Crippen MR) is 126 cm³/mol. The van der Waals surface area contributed by atoms with Crippen LogP contribution in [0.4, 0.5) is 16.2 Å². The fourth-order valence-electron chi connectivity index (χ4n) is 4.33. The van der Waals surface area contributed by atoms with Crippen LogP contribution in [0, 0.1) is 11.3 Å². The number of carbonyl (C=O) groups is 1. The Bertz CT molecular complexity index is 1150. The summed E-state index contributed by atoms with van der Waals surface area (Å²) in [7, 11) is 0. The molecule has 0 saturated carbocycles. The van der Waals surface area contributed by atoms with Crippen molar-refractivity contribution in [2.45, 2.75) is 31.8 Å². The molecule has 0 unspecified atom stereocenters. The van der Waals surface area contributed by atoms with E-state index in [1.165, 1.54) is 0 Å². The number of benzene rings is 3. The third kappa shape index (κ3) is 3.65. The highest BCUT2D eigenvalue weighted by atomic mass is 35.5. The SMILES string of the molecule is CC[C@]1(C)[C@@H](c2cccc(C#N)c2)N(c2ccc(Cl)cc2)C(=O)N1c1ccc(Cl)cc1. The molecule has 1 saturated heterocycles. The maximum atomic E-state index is 13.9. The summed E-state index contributed by atoms with van der Waals surface area (Å²) in [6.45, 7) is 4.15. The number of carbonyl (C=O) groups excluding carboxylic acids is 1. The van der Waals surface area contributed by atoms with Crippen LogP contribution in [0.2, 0.25) is 10.0 Å². The van der Waals surface area contributed by atoms with Crippen LogP contribution >= 0.6 is 23.2 Å². The topological polar surface area (TPSA) is 47.3 Å². The zero-order chi connectivity index (χ0) is 22.2. The molecule has 2 amide bonds. The Hall–Kier alpha value is -3.00. The summed E-state index contributed by atoms with van der Waals surface area (Å²) in [5.41, 5.74) is 2.42. The predicted octanol–water partition coefficient (Wildman–Crippen LogP) is 7.22. The number of anilines is 2. The summed E-state index contributed by atoms with van der Waals surface area (Å²) in [5.74, 6) is 0. The van der Waals surface area contributed by atoms with Gasteiger partial charge in [-0.2, -0.15) is 5.26 Å². The first-order chi connectivity index (χ1) is 14.9. The quantitative estimate of drug-likeness (QED) is 0.421. The van der Waals surface area contributed by atoms with Crippen molar-refractivity contribution in [3.8, 4) is 6.07 Å². The molecule has 1 heterocycles. The molecule has 1 fully saturated rings. The van der Waals surface area contributed by atoms with Crippen molar-refractivity contribution < 1.29 is 4.79 Å². The molecule has 3 aromatic carbocycles. The van der Waals surface area contributed by atoms with E-state index in [-0.39, 0.29) is 12.1 Å². The van der Waals surface area contributed by atoms with Crippen LogP contribution in [-0.4, -0.2) is 11.6 Å². The van der Waals surface area contributed by atoms with Crippen LogP contribution in [0.25, 0.3) is 0 Å². The zero-order valence-corrected chi connectivity index (χ0v) is 18.7. The Morgan fingerprint density at radius 1 is 0.968 bits per heavy atom. The molecule has 0 aliphatic carbocycles. The van der Waals surface area contributed by atoms with E-state index >= 15 is 0 Å². The van der Waals surface area contributed by atoms with Gasteiger partial charge in [0.05, 0.1) is 23.2 Å². The average Bonchev–Trinajstić information content (AvgIpc) is 3.02. The Morgan fingerprint density at radius 2 is 1.55 bits per heavy atom. The number of urea groups is 1. The molecule has 1 aliphatic heterocycles. The summed E-state index contributed by atoms with van der Waals surface area (Å²) in [6.07, 6.45) is 0.701. The van der Waals surface area contributed by atoms with Crippen molar-refractivity contribution >= 4 is 40.6 Å². The minimum atomic E-state index is -0.571. The monoisotopic (exact) mass is 449 g/mol. The third-order valence-electron chi connectivity index (χ3n) is 5.99. The smallest absolute Gasteiger partial charge is 0.286 e. The lowest BCUT2D eigenvalue weighted by molar-refractivity contribution is 0.254. The first-order valence-corrected chi connectivity index (χ1v) is 10.8. The summed E-state index contributed by atoms with van der Waals surface area (Å²) < 4.78 is 0. The number of amides is 2. The highest BCUT2D eigenvalue weighted by Crippen LogP contribution is 2.49. The highest BCUT2D eigenvalue weighted by molar-refractivity contribution is 6.31. The second-order valence-corrected chi connectivity index (χ2v) is 8.66. The van der Waals surface area contributed by atoms with E-state index in [0.29, 0.717) is 22.0 Å². The molecule has 0 radical (unpaired) electrons. The maximum Gasteiger partial charge on any atom is 0.330 e. The van der Waals surface area contributed by atoms with Crippen molar-refractivity contribution in [1.82, 2.24) is 0 Å². The molecule has 0 bridgehead atoms. The molecule has 4 nitrogen and oxygen atoms in total. The normalized spacial score (nSPS) is 20.7. The lowest BCUT2D eigenvalue weighted by atomic mass is 9.83. The number of halogens is 2. The van der Waals surface area contributed by atoms with Gasteiger partial charge in [0.15, 0.2) is 0 Å². The molecule has 4 rings (SSSR count). The highest BCUT2D eigenvalue weighted by Gasteiger charge is 2.55. The van der Waals surface area contributed by atoms with Crippen LogP contribution in [-0.2, 0) is 0 Å². The summed E-state index contributed by atoms with van der Waals surface area (Å²) in [6, 6.07) is 23.8. The number of hydrogen-bond donors (Lipinski definition) is 0. The summed E-state index contributed by atoms with van der Waals surface area (Å²) >= 11 is 12.2. The van der Waals surface area contributed by atoms with Crippen LogP contribution in [0.3, 0.4) is 0 Å². The molecule has 6 heteroatoms. The molecular formula is C25H21Cl2N3O. The van der Waals surface area contributed by atoms with E-state index in [2.05, 4.69) is 19.9 Å². The minimum Gasteiger partial charge on any atom is -0.286 e. The van der Waals surface area contributed by atoms with Gasteiger partial charge >= 0.3 is 6.03 Å². The Balaban J connectivity index is 1.94. The van der Waals surface area contributed by atoms with Crippen molar-refractivity contribution in [3.05, 3.63) is 94.0 Å². The minimum absolute atomic E-state index is 0.138. The van der Waals surface area contributed by atoms with E-state index in [1.807, 2.05) is 47.4 Å². The second kappa shape index (κ2) is 8.26. The van der Waals surface area contributed by atoms with E-state index in [1.54, 1.807) is 35.2 Å². The second-order valence-electron chi connectivity index (χ2n) is 7.79. The van der Waals surface area contributed by atoms with Crippen LogP contribution in [0.1, 0.15) is 37.4 Å². The zero-order valence-electron chi connectivity index (χ0n) is 17.2.